The second kappa shape index (κ2) is 7.12. The Morgan fingerprint density at radius 2 is 1.38 bits per heavy atom. The Kier molecular flexibility index (Phi) is 4.73. The number of allylic oxidation sites excluding steroid dienone is 8. The van der Waals surface area contributed by atoms with Crippen LogP contribution in [0.25, 0.3) is 0 Å². The first-order chi connectivity index (χ1) is 10.4. The largest absolute Gasteiger partial charge is 0.494 e. The second-order valence-electron chi connectivity index (χ2n) is 5.71. The van der Waals surface area contributed by atoms with Crippen LogP contribution in [-0.4, -0.2) is 6.61 Å². The van der Waals surface area contributed by atoms with E-state index in [0.717, 1.165) is 25.2 Å². The average Bonchev–Trinajstić information content (AvgIpc) is 3.19. The van der Waals surface area contributed by atoms with Crippen LogP contribution in [0.4, 0.5) is 0 Å². The van der Waals surface area contributed by atoms with Crippen LogP contribution in [0, 0.1) is 11.8 Å². The molecule has 0 spiro atoms. The van der Waals surface area contributed by atoms with Crippen molar-refractivity contribution in [1.82, 2.24) is 0 Å². The van der Waals surface area contributed by atoms with Crippen LogP contribution in [-0.2, 0) is 6.42 Å². The lowest BCUT2D eigenvalue weighted by Gasteiger charge is -2.09. The molecule has 0 radical (unpaired) electrons. The number of rotatable bonds is 7. The summed E-state index contributed by atoms with van der Waals surface area (Å²) in [6, 6.07) is 8.54. The fourth-order valence-electron chi connectivity index (χ4n) is 2.79. The van der Waals surface area contributed by atoms with Gasteiger partial charge in [-0.05, 0) is 48.8 Å². The molecule has 1 heteroatoms. The number of benzene rings is 1. The van der Waals surface area contributed by atoms with E-state index in [1.54, 1.807) is 0 Å². The van der Waals surface area contributed by atoms with Crippen LogP contribution >= 0.6 is 0 Å². The second-order valence-corrected chi connectivity index (χ2v) is 5.71. The van der Waals surface area contributed by atoms with Gasteiger partial charge in [-0.1, -0.05) is 60.7 Å². The molecule has 0 saturated carbocycles. The third-order valence-electron chi connectivity index (χ3n) is 4.00. The van der Waals surface area contributed by atoms with Gasteiger partial charge in [-0.2, -0.15) is 0 Å². The Labute approximate surface area is 127 Å². The van der Waals surface area contributed by atoms with Gasteiger partial charge < -0.3 is 4.74 Å². The maximum Gasteiger partial charge on any atom is 0.119 e. The molecule has 1 aromatic carbocycles. The van der Waals surface area contributed by atoms with Crippen molar-refractivity contribution in [3.05, 3.63) is 78.4 Å². The molecule has 0 heterocycles. The Morgan fingerprint density at radius 1 is 0.762 bits per heavy atom. The van der Waals surface area contributed by atoms with Gasteiger partial charge in [-0.3, -0.25) is 0 Å². The lowest BCUT2D eigenvalue weighted by atomic mass is 10.0. The molecule has 0 aromatic heterocycles. The van der Waals surface area contributed by atoms with E-state index in [2.05, 4.69) is 72.9 Å². The molecule has 2 aliphatic carbocycles. The summed E-state index contributed by atoms with van der Waals surface area (Å²) in [5, 5.41) is 0. The van der Waals surface area contributed by atoms with Crippen molar-refractivity contribution in [2.24, 2.45) is 11.8 Å². The molecule has 0 atom stereocenters. The molecule has 21 heavy (non-hydrogen) atoms. The first kappa shape index (κ1) is 13.9. The minimum absolute atomic E-state index is 0.560. The molecule has 0 bridgehead atoms. The maximum atomic E-state index is 5.81. The molecule has 0 N–H and O–H groups in total. The van der Waals surface area contributed by atoms with Gasteiger partial charge in [0.15, 0.2) is 0 Å². The highest BCUT2D eigenvalue weighted by atomic mass is 16.5. The summed E-state index contributed by atoms with van der Waals surface area (Å²) in [5.41, 5.74) is 1.37. The molecule has 1 nitrogen and oxygen atoms in total. The van der Waals surface area contributed by atoms with Crippen LogP contribution in [0.5, 0.6) is 5.75 Å². The highest BCUT2D eigenvalue weighted by molar-refractivity contribution is 5.29. The average molecular weight is 278 g/mol. The van der Waals surface area contributed by atoms with Gasteiger partial charge in [0.25, 0.3) is 0 Å². The Hall–Kier alpha value is -2.02. The number of hydrogen-bond donors (Lipinski definition) is 0. The Bertz CT molecular complexity index is 536. The standard InChI is InChI=1S/C20H22O/c1-2-7-17(6-1)10-5-15-21-20-13-11-19(12-14-20)16-18-8-3-4-9-18/h1-4,6-9,11-14,17-18H,5,10,15-16H2. The van der Waals surface area contributed by atoms with Crippen LogP contribution in [0.3, 0.4) is 0 Å². The molecular weight excluding hydrogens is 256 g/mol. The summed E-state index contributed by atoms with van der Waals surface area (Å²) in [4.78, 5) is 0. The van der Waals surface area contributed by atoms with Crippen molar-refractivity contribution in [2.45, 2.75) is 19.3 Å². The van der Waals surface area contributed by atoms with E-state index in [1.165, 1.54) is 12.0 Å². The highest BCUT2D eigenvalue weighted by Gasteiger charge is 2.06. The molecule has 2 aliphatic rings. The van der Waals surface area contributed by atoms with Gasteiger partial charge >= 0.3 is 0 Å². The maximum absolute atomic E-state index is 5.81. The zero-order valence-corrected chi connectivity index (χ0v) is 12.3. The first-order valence-corrected chi connectivity index (χ1v) is 7.82. The minimum Gasteiger partial charge on any atom is -0.494 e. The third-order valence-corrected chi connectivity index (χ3v) is 4.00. The minimum atomic E-state index is 0.560. The molecular formula is C20H22O. The van der Waals surface area contributed by atoms with Gasteiger partial charge in [0.05, 0.1) is 6.61 Å². The van der Waals surface area contributed by atoms with Gasteiger partial charge in [0, 0.05) is 0 Å². The van der Waals surface area contributed by atoms with Gasteiger partial charge in [0.2, 0.25) is 0 Å². The van der Waals surface area contributed by atoms with Crippen molar-refractivity contribution < 1.29 is 4.74 Å². The summed E-state index contributed by atoms with van der Waals surface area (Å²) < 4.78 is 5.81. The normalized spacial score (nSPS) is 17.1. The molecule has 0 saturated heterocycles. The number of hydrogen-bond acceptors (Lipinski definition) is 1. The molecule has 0 unspecified atom stereocenters. The van der Waals surface area contributed by atoms with Crippen molar-refractivity contribution in [2.75, 3.05) is 6.61 Å². The van der Waals surface area contributed by atoms with Crippen LogP contribution < -0.4 is 4.74 Å². The molecule has 108 valence electrons. The third kappa shape index (κ3) is 4.22. The van der Waals surface area contributed by atoms with Crippen molar-refractivity contribution >= 4 is 0 Å². The molecule has 3 rings (SSSR count). The van der Waals surface area contributed by atoms with Gasteiger partial charge in [0.1, 0.15) is 5.75 Å². The fourth-order valence-corrected chi connectivity index (χ4v) is 2.79. The van der Waals surface area contributed by atoms with E-state index in [9.17, 15) is 0 Å². The Morgan fingerprint density at radius 3 is 2.05 bits per heavy atom. The topological polar surface area (TPSA) is 9.23 Å². The lowest BCUT2D eigenvalue weighted by Crippen LogP contribution is -2.00. The van der Waals surface area contributed by atoms with E-state index in [1.807, 2.05) is 0 Å². The molecule has 0 fully saturated rings. The van der Waals surface area contributed by atoms with Gasteiger partial charge in [-0.15, -0.1) is 0 Å². The quantitative estimate of drug-likeness (QED) is 0.646. The van der Waals surface area contributed by atoms with Crippen molar-refractivity contribution in [3.8, 4) is 5.75 Å². The van der Waals surface area contributed by atoms with Crippen molar-refractivity contribution in [1.29, 1.82) is 0 Å². The van der Waals surface area contributed by atoms with E-state index in [4.69, 9.17) is 4.74 Å². The van der Waals surface area contributed by atoms with E-state index in [0.29, 0.717) is 11.8 Å². The molecule has 1 aromatic rings. The number of ether oxygens (including phenoxy) is 1. The molecule has 0 aliphatic heterocycles. The predicted octanol–water partition coefficient (Wildman–Crippen LogP) is 4.87. The predicted molar refractivity (Wildman–Crippen MR) is 88.4 cm³/mol. The smallest absolute Gasteiger partial charge is 0.119 e. The summed E-state index contributed by atoms with van der Waals surface area (Å²) >= 11 is 0. The van der Waals surface area contributed by atoms with Crippen LogP contribution in [0.1, 0.15) is 18.4 Å². The lowest BCUT2D eigenvalue weighted by molar-refractivity contribution is 0.303. The zero-order chi connectivity index (χ0) is 14.3. The first-order valence-electron chi connectivity index (χ1n) is 7.82. The molecule has 0 amide bonds. The summed E-state index contributed by atoms with van der Waals surface area (Å²) in [7, 11) is 0. The van der Waals surface area contributed by atoms with Gasteiger partial charge in [-0.25, -0.2) is 0 Å². The van der Waals surface area contributed by atoms with Crippen LogP contribution in [0.2, 0.25) is 0 Å². The SMILES string of the molecule is C1=CC(CCCOc2ccc(CC3C=CC=C3)cc2)C=C1. The monoisotopic (exact) mass is 278 g/mol. The summed E-state index contributed by atoms with van der Waals surface area (Å²) in [5.74, 6) is 2.15. The fraction of sp³-hybridized carbons (Fsp3) is 0.300. The van der Waals surface area contributed by atoms with E-state index in [-0.39, 0.29) is 0 Å². The summed E-state index contributed by atoms with van der Waals surface area (Å²) in [6.07, 6.45) is 20.8. The summed E-state index contributed by atoms with van der Waals surface area (Å²) in [6.45, 7) is 0.797. The van der Waals surface area contributed by atoms with Crippen LogP contribution in [0.15, 0.2) is 72.9 Å². The highest BCUT2D eigenvalue weighted by Crippen LogP contribution is 2.19. The Balaban J connectivity index is 1.39. The van der Waals surface area contributed by atoms with E-state index >= 15 is 0 Å². The van der Waals surface area contributed by atoms with Crippen molar-refractivity contribution in [3.63, 3.8) is 0 Å². The van der Waals surface area contributed by atoms with E-state index < -0.39 is 0 Å². The zero-order valence-electron chi connectivity index (χ0n) is 12.3.